The molecule has 0 unspecified atom stereocenters. The third-order valence-corrected chi connectivity index (χ3v) is 4.81. The first-order chi connectivity index (χ1) is 12.5. The number of hydrogen-bond acceptors (Lipinski definition) is 5. The van der Waals surface area contributed by atoms with Crippen LogP contribution in [0.4, 0.5) is 10.8 Å². The molecule has 26 heavy (non-hydrogen) atoms. The summed E-state index contributed by atoms with van der Waals surface area (Å²) in [4.78, 5) is 27.9. The molecule has 3 rings (SSSR count). The molecule has 1 heterocycles. The van der Waals surface area contributed by atoms with E-state index in [1.165, 1.54) is 23.0 Å². The van der Waals surface area contributed by atoms with Crippen LogP contribution in [0.1, 0.15) is 33.3 Å². The van der Waals surface area contributed by atoms with E-state index in [1.54, 1.807) is 30.5 Å². The average Bonchev–Trinajstić information content (AvgIpc) is 3.08. The van der Waals surface area contributed by atoms with Gasteiger partial charge in [0.1, 0.15) is 0 Å². The summed E-state index contributed by atoms with van der Waals surface area (Å²) in [6.07, 6.45) is 3.13. The minimum absolute atomic E-state index is 0.0658. The number of carbonyl (C=O) groups is 1. The Kier molecular flexibility index (Phi) is 5.38. The molecule has 1 amide bonds. The van der Waals surface area contributed by atoms with Gasteiger partial charge in [-0.3, -0.25) is 20.2 Å². The number of nitrogens with one attached hydrogen (secondary N) is 1. The number of non-ortho nitro benzene ring substituents is 1. The summed E-state index contributed by atoms with van der Waals surface area (Å²) in [5.41, 5.74) is 2.65. The zero-order valence-corrected chi connectivity index (χ0v) is 15.0. The Labute approximate surface area is 154 Å². The lowest BCUT2D eigenvalue weighted by Crippen LogP contribution is -2.11. The molecule has 0 spiro atoms. The van der Waals surface area contributed by atoms with Crippen molar-refractivity contribution in [2.75, 3.05) is 5.32 Å². The number of carbonyl (C=O) groups excluding carboxylic acids is 1. The van der Waals surface area contributed by atoms with Gasteiger partial charge in [-0.25, -0.2) is 4.98 Å². The monoisotopic (exact) mass is 367 g/mol. The Bertz CT molecular complexity index is 935. The largest absolute Gasteiger partial charge is 0.298 e. The maximum absolute atomic E-state index is 12.3. The van der Waals surface area contributed by atoms with E-state index >= 15 is 0 Å². The van der Waals surface area contributed by atoms with Gasteiger partial charge in [0.25, 0.3) is 11.6 Å². The van der Waals surface area contributed by atoms with E-state index in [9.17, 15) is 14.9 Å². The Morgan fingerprint density at radius 3 is 2.65 bits per heavy atom. The van der Waals surface area contributed by atoms with E-state index in [1.807, 2.05) is 18.2 Å². The number of aryl methyl sites for hydroxylation is 1. The van der Waals surface area contributed by atoms with E-state index in [2.05, 4.69) is 17.2 Å². The van der Waals surface area contributed by atoms with Gasteiger partial charge in [0.05, 0.1) is 4.92 Å². The van der Waals surface area contributed by atoms with Gasteiger partial charge >= 0.3 is 0 Å². The zero-order chi connectivity index (χ0) is 18.5. The van der Waals surface area contributed by atoms with Crippen LogP contribution in [0, 0.1) is 10.1 Å². The Morgan fingerprint density at radius 2 is 1.96 bits per heavy atom. The standard InChI is InChI=1S/C19H17N3O3S/c1-2-13-6-8-15(9-7-13)18(23)21-19-20-12-17(26-19)11-14-4-3-5-16(10-14)22(24)25/h3-10,12H,2,11H2,1H3,(H,20,21,23). The van der Waals surface area contributed by atoms with Crippen molar-refractivity contribution < 1.29 is 9.72 Å². The summed E-state index contributed by atoms with van der Waals surface area (Å²) in [6.45, 7) is 2.06. The van der Waals surface area contributed by atoms with Crippen LogP contribution in [0.25, 0.3) is 0 Å². The maximum Gasteiger partial charge on any atom is 0.269 e. The molecular weight excluding hydrogens is 350 g/mol. The van der Waals surface area contributed by atoms with Crippen molar-refractivity contribution in [1.82, 2.24) is 4.98 Å². The second kappa shape index (κ2) is 7.88. The molecule has 0 atom stereocenters. The smallest absolute Gasteiger partial charge is 0.269 e. The lowest BCUT2D eigenvalue weighted by Gasteiger charge is -2.03. The fraction of sp³-hybridized carbons (Fsp3) is 0.158. The van der Waals surface area contributed by atoms with Gasteiger partial charge in [-0.2, -0.15) is 0 Å². The third kappa shape index (κ3) is 4.31. The molecule has 132 valence electrons. The predicted octanol–water partition coefficient (Wildman–Crippen LogP) is 4.46. The fourth-order valence-electron chi connectivity index (χ4n) is 2.49. The highest BCUT2D eigenvalue weighted by atomic mass is 32.1. The van der Waals surface area contributed by atoms with E-state index in [4.69, 9.17) is 0 Å². The summed E-state index contributed by atoms with van der Waals surface area (Å²) in [6, 6.07) is 14.0. The molecule has 1 N–H and O–H groups in total. The number of hydrogen-bond donors (Lipinski definition) is 1. The van der Waals surface area contributed by atoms with E-state index < -0.39 is 4.92 Å². The lowest BCUT2D eigenvalue weighted by molar-refractivity contribution is -0.384. The van der Waals surface area contributed by atoms with Crippen LogP contribution in [0.5, 0.6) is 0 Å². The molecule has 0 aliphatic rings. The summed E-state index contributed by atoms with van der Waals surface area (Å²) in [5, 5.41) is 14.2. The molecule has 6 nitrogen and oxygen atoms in total. The first-order valence-corrected chi connectivity index (χ1v) is 8.95. The SMILES string of the molecule is CCc1ccc(C(=O)Nc2ncc(Cc3cccc([N+](=O)[O-])c3)s2)cc1. The molecule has 0 radical (unpaired) electrons. The Morgan fingerprint density at radius 1 is 1.19 bits per heavy atom. The molecule has 0 aliphatic heterocycles. The molecule has 2 aromatic carbocycles. The van der Waals surface area contributed by atoms with Crippen LogP contribution < -0.4 is 5.32 Å². The lowest BCUT2D eigenvalue weighted by atomic mass is 10.1. The number of aromatic nitrogens is 1. The van der Waals surface area contributed by atoms with Crippen LogP contribution >= 0.6 is 11.3 Å². The number of nitro groups is 1. The maximum atomic E-state index is 12.3. The van der Waals surface area contributed by atoms with Crippen molar-refractivity contribution in [3.05, 3.63) is 86.4 Å². The van der Waals surface area contributed by atoms with Gasteiger partial charge in [0, 0.05) is 35.2 Å². The van der Waals surface area contributed by atoms with Crippen LogP contribution in [-0.2, 0) is 12.8 Å². The van der Waals surface area contributed by atoms with E-state index in [0.717, 1.165) is 16.9 Å². The van der Waals surface area contributed by atoms with Crippen LogP contribution in [0.2, 0.25) is 0 Å². The van der Waals surface area contributed by atoms with Gasteiger partial charge in [0.2, 0.25) is 0 Å². The molecule has 0 bridgehead atoms. The highest BCUT2D eigenvalue weighted by Gasteiger charge is 2.11. The molecule has 0 fully saturated rings. The summed E-state index contributed by atoms with van der Waals surface area (Å²) < 4.78 is 0. The molecule has 1 aromatic heterocycles. The number of anilines is 1. The third-order valence-electron chi connectivity index (χ3n) is 3.90. The number of rotatable bonds is 6. The van der Waals surface area contributed by atoms with E-state index in [-0.39, 0.29) is 11.6 Å². The normalized spacial score (nSPS) is 10.5. The van der Waals surface area contributed by atoms with Gasteiger partial charge in [-0.15, -0.1) is 11.3 Å². The average molecular weight is 367 g/mol. The second-order valence-electron chi connectivity index (χ2n) is 5.74. The first-order valence-electron chi connectivity index (χ1n) is 8.13. The van der Waals surface area contributed by atoms with Crippen molar-refractivity contribution in [1.29, 1.82) is 0 Å². The van der Waals surface area contributed by atoms with Gasteiger partial charge in [-0.05, 0) is 29.7 Å². The van der Waals surface area contributed by atoms with Crippen molar-refractivity contribution in [2.24, 2.45) is 0 Å². The van der Waals surface area contributed by atoms with Crippen LogP contribution in [0.15, 0.2) is 54.7 Å². The topological polar surface area (TPSA) is 85.1 Å². The summed E-state index contributed by atoms with van der Waals surface area (Å²) in [7, 11) is 0. The molecule has 3 aromatic rings. The number of thiazole rings is 1. The number of benzene rings is 2. The predicted molar refractivity (Wildman–Crippen MR) is 102 cm³/mol. The zero-order valence-electron chi connectivity index (χ0n) is 14.1. The van der Waals surface area contributed by atoms with E-state index in [0.29, 0.717) is 17.1 Å². The van der Waals surface area contributed by atoms with Gasteiger partial charge in [-0.1, -0.05) is 31.2 Å². The minimum atomic E-state index is -0.411. The number of nitro benzene ring substituents is 1. The highest BCUT2D eigenvalue weighted by molar-refractivity contribution is 7.15. The number of amides is 1. The molecule has 0 aliphatic carbocycles. The Hall–Kier alpha value is -3.06. The van der Waals surface area contributed by atoms with Crippen molar-refractivity contribution >= 4 is 28.1 Å². The van der Waals surface area contributed by atoms with Crippen LogP contribution in [0.3, 0.4) is 0 Å². The fourth-order valence-corrected chi connectivity index (χ4v) is 3.33. The number of nitrogens with zero attached hydrogens (tertiary/aromatic N) is 2. The minimum Gasteiger partial charge on any atom is -0.298 e. The van der Waals surface area contributed by atoms with Gasteiger partial charge < -0.3 is 0 Å². The molecular formula is C19H17N3O3S. The quantitative estimate of drug-likeness (QED) is 0.515. The molecule has 0 saturated heterocycles. The highest BCUT2D eigenvalue weighted by Crippen LogP contribution is 2.23. The van der Waals surface area contributed by atoms with Crippen molar-refractivity contribution in [3.63, 3.8) is 0 Å². The summed E-state index contributed by atoms with van der Waals surface area (Å²) >= 11 is 1.36. The Balaban J connectivity index is 1.66. The summed E-state index contributed by atoms with van der Waals surface area (Å²) in [5.74, 6) is -0.205. The van der Waals surface area contributed by atoms with Gasteiger partial charge in [0.15, 0.2) is 5.13 Å². The van der Waals surface area contributed by atoms with Crippen molar-refractivity contribution in [3.8, 4) is 0 Å². The first kappa shape index (κ1) is 17.8. The molecule has 0 saturated carbocycles. The second-order valence-corrected chi connectivity index (χ2v) is 6.86. The van der Waals surface area contributed by atoms with Crippen LogP contribution in [-0.4, -0.2) is 15.8 Å². The van der Waals surface area contributed by atoms with Crippen molar-refractivity contribution in [2.45, 2.75) is 19.8 Å². The molecule has 7 heteroatoms.